The molecule has 1 saturated carbocycles. The first-order valence-corrected chi connectivity index (χ1v) is 7.34. The normalized spacial score (nSPS) is 21.9. The molecule has 1 saturated heterocycles. The van der Waals surface area contributed by atoms with Crippen molar-refractivity contribution in [3.63, 3.8) is 0 Å². The fraction of sp³-hybridized carbons (Fsp3) is 0.500. The molecule has 0 aromatic heterocycles. The molecule has 106 valence electrons. The van der Waals surface area contributed by atoms with Crippen LogP contribution in [0.2, 0.25) is 0 Å². The smallest absolute Gasteiger partial charge is 0.319 e. The summed E-state index contributed by atoms with van der Waals surface area (Å²) < 4.78 is 0. The van der Waals surface area contributed by atoms with Gasteiger partial charge in [0.15, 0.2) is 0 Å². The van der Waals surface area contributed by atoms with E-state index < -0.39 is 0 Å². The van der Waals surface area contributed by atoms with Gasteiger partial charge in [0.1, 0.15) is 0 Å². The summed E-state index contributed by atoms with van der Waals surface area (Å²) in [6.45, 7) is 1.13. The zero-order valence-electron chi connectivity index (χ0n) is 11.6. The van der Waals surface area contributed by atoms with E-state index >= 15 is 0 Å². The molecule has 2 fully saturated rings. The summed E-state index contributed by atoms with van der Waals surface area (Å²) in [6, 6.07) is 9.67. The zero-order chi connectivity index (χ0) is 14.0. The summed E-state index contributed by atoms with van der Waals surface area (Å²) in [6.07, 6.45) is 5.16. The predicted octanol–water partition coefficient (Wildman–Crippen LogP) is 2.69. The van der Waals surface area contributed by atoms with Crippen molar-refractivity contribution in [2.45, 2.75) is 38.6 Å². The molecule has 0 bridgehead atoms. The monoisotopic (exact) mass is 272 g/mol. The Morgan fingerprint density at radius 2 is 1.75 bits per heavy atom. The van der Waals surface area contributed by atoms with Gasteiger partial charge in [0.25, 0.3) is 0 Å². The number of hydrogen-bond donors (Lipinski definition) is 1. The van der Waals surface area contributed by atoms with Crippen molar-refractivity contribution in [2.75, 3.05) is 6.54 Å². The standard InChI is InChI=1S/C16H20N2O2/c19-14-16(9-5-2-6-10-16)12-18(15(20)17-14)11-13-7-3-1-4-8-13/h1,3-4,7-8H,2,5-6,9-12H2,(H,17,19,20). The van der Waals surface area contributed by atoms with Crippen LogP contribution in [0.3, 0.4) is 0 Å². The summed E-state index contributed by atoms with van der Waals surface area (Å²) >= 11 is 0. The average molecular weight is 272 g/mol. The molecule has 0 unspecified atom stereocenters. The summed E-state index contributed by atoms with van der Waals surface area (Å²) in [5.41, 5.74) is 0.754. The van der Waals surface area contributed by atoms with E-state index in [0.29, 0.717) is 13.1 Å². The maximum absolute atomic E-state index is 12.2. The topological polar surface area (TPSA) is 49.4 Å². The molecule has 20 heavy (non-hydrogen) atoms. The third kappa shape index (κ3) is 2.42. The molecule has 1 aliphatic carbocycles. The number of amides is 3. The molecule has 1 N–H and O–H groups in total. The fourth-order valence-corrected chi connectivity index (χ4v) is 3.36. The van der Waals surface area contributed by atoms with Gasteiger partial charge in [-0.15, -0.1) is 0 Å². The van der Waals surface area contributed by atoms with Crippen LogP contribution in [0.5, 0.6) is 0 Å². The molecule has 4 nitrogen and oxygen atoms in total. The Kier molecular flexibility index (Phi) is 3.47. The van der Waals surface area contributed by atoms with Crippen molar-refractivity contribution in [3.05, 3.63) is 35.9 Å². The zero-order valence-corrected chi connectivity index (χ0v) is 11.6. The molecule has 3 rings (SSSR count). The van der Waals surface area contributed by atoms with Gasteiger partial charge in [0.2, 0.25) is 5.91 Å². The second kappa shape index (κ2) is 5.27. The number of imide groups is 1. The van der Waals surface area contributed by atoms with Crippen LogP contribution < -0.4 is 5.32 Å². The summed E-state index contributed by atoms with van der Waals surface area (Å²) in [4.78, 5) is 26.0. The number of benzene rings is 1. The third-order valence-electron chi connectivity index (χ3n) is 4.51. The van der Waals surface area contributed by atoms with E-state index in [0.717, 1.165) is 31.2 Å². The minimum Gasteiger partial charge on any atom is -0.319 e. The van der Waals surface area contributed by atoms with Crippen LogP contribution in [0.1, 0.15) is 37.7 Å². The van der Waals surface area contributed by atoms with Crippen molar-refractivity contribution >= 4 is 11.9 Å². The Balaban J connectivity index is 1.77. The summed E-state index contributed by atoms with van der Waals surface area (Å²) in [7, 11) is 0. The highest BCUT2D eigenvalue weighted by atomic mass is 16.2. The summed E-state index contributed by atoms with van der Waals surface area (Å²) in [5, 5.41) is 2.56. The first-order chi connectivity index (χ1) is 9.70. The summed E-state index contributed by atoms with van der Waals surface area (Å²) in [5.74, 6) is -0.0634. The number of carbonyl (C=O) groups excluding carboxylic acids is 2. The molecule has 1 aliphatic heterocycles. The second-order valence-corrected chi connectivity index (χ2v) is 5.94. The SMILES string of the molecule is O=C1NC(=O)C2(CCCCC2)CN1Cc1ccccc1. The lowest BCUT2D eigenvalue weighted by Gasteiger charge is -2.43. The number of rotatable bonds is 2. The number of nitrogens with one attached hydrogen (secondary N) is 1. The molecular weight excluding hydrogens is 252 g/mol. The van der Waals surface area contributed by atoms with Crippen LogP contribution in [-0.2, 0) is 11.3 Å². The van der Waals surface area contributed by atoms with E-state index in [9.17, 15) is 9.59 Å². The van der Waals surface area contributed by atoms with Gasteiger partial charge >= 0.3 is 6.03 Å². The minimum atomic E-state index is -0.346. The lowest BCUT2D eigenvalue weighted by atomic mass is 9.72. The Bertz CT molecular complexity index is 506. The Hall–Kier alpha value is -1.84. The van der Waals surface area contributed by atoms with E-state index in [1.165, 1.54) is 6.42 Å². The first kappa shape index (κ1) is 13.2. The molecule has 0 atom stereocenters. The van der Waals surface area contributed by atoms with Gasteiger partial charge in [0.05, 0.1) is 5.41 Å². The van der Waals surface area contributed by atoms with Crippen LogP contribution in [-0.4, -0.2) is 23.4 Å². The van der Waals surface area contributed by atoms with Gasteiger partial charge in [-0.05, 0) is 18.4 Å². The highest BCUT2D eigenvalue weighted by Crippen LogP contribution is 2.39. The van der Waals surface area contributed by atoms with Gasteiger partial charge in [-0.2, -0.15) is 0 Å². The van der Waals surface area contributed by atoms with Crippen molar-refractivity contribution in [1.29, 1.82) is 0 Å². The fourth-order valence-electron chi connectivity index (χ4n) is 3.36. The van der Waals surface area contributed by atoms with E-state index in [2.05, 4.69) is 5.32 Å². The molecule has 1 heterocycles. The Morgan fingerprint density at radius 3 is 2.45 bits per heavy atom. The van der Waals surface area contributed by atoms with Gasteiger partial charge in [0, 0.05) is 13.1 Å². The highest BCUT2D eigenvalue weighted by molar-refractivity contribution is 6.00. The van der Waals surface area contributed by atoms with E-state index in [1.807, 2.05) is 30.3 Å². The van der Waals surface area contributed by atoms with Gasteiger partial charge < -0.3 is 4.90 Å². The Labute approximate surface area is 119 Å². The maximum atomic E-state index is 12.2. The first-order valence-electron chi connectivity index (χ1n) is 7.34. The minimum absolute atomic E-state index is 0.0634. The van der Waals surface area contributed by atoms with E-state index in [4.69, 9.17) is 0 Å². The molecular formula is C16H20N2O2. The van der Waals surface area contributed by atoms with Crippen LogP contribution in [0.25, 0.3) is 0 Å². The lowest BCUT2D eigenvalue weighted by molar-refractivity contribution is -0.135. The Morgan fingerprint density at radius 1 is 1.05 bits per heavy atom. The third-order valence-corrected chi connectivity index (χ3v) is 4.51. The second-order valence-electron chi connectivity index (χ2n) is 5.94. The van der Waals surface area contributed by atoms with Crippen molar-refractivity contribution < 1.29 is 9.59 Å². The molecule has 1 spiro atoms. The maximum Gasteiger partial charge on any atom is 0.324 e. The van der Waals surface area contributed by atoms with E-state index in [-0.39, 0.29) is 17.4 Å². The average Bonchev–Trinajstić information content (AvgIpc) is 2.47. The molecule has 4 heteroatoms. The van der Waals surface area contributed by atoms with Crippen molar-refractivity contribution in [1.82, 2.24) is 10.2 Å². The van der Waals surface area contributed by atoms with Gasteiger partial charge in [-0.1, -0.05) is 49.6 Å². The van der Waals surface area contributed by atoms with Crippen molar-refractivity contribution in [3.8, 4) is 0 Å². The van der Waals surface area contributed by atoms with E-state index in [1.54, 1.807) is 4.90 Å². The number of hydrogen-bond acceptors (Lipinski definition) is 2. The van der Waals surface area contributed by atoms with Crippen LogP contribution >= 0.6 is 0 Å². The van der Waals surface area contributed by atoms with Gasteiger partial charge in [-0.25, -0.2) is 4.79 Å². The predicted molar refractivity (Wildman–Crippen MR) is 75.9 cm³/mol. The van der Waals surface area contributed by atoms with Gasteiger partial charge in [-0.3, -0.25) is 10.1 Å². The molecule has 1 aromatic rings. The van der Waals surface area contributed by atoms with Crippen LogP contribution in [0.15, 0.2) is 30.3 Å². The van der Waals surface area contributed by atoms with Crippen LogP contribution in [0.4, 0.5) is 4.79 Å². The number of urea groups is 1. The lowest BCUT2D eigenvalue weighted by Crippen LogP contribution is -2.60. The van der Waals surface area contributed by atoms with Crippen molar-refractivity contribution in [2.24, 2.45) is 5.41 Å². The largest absolute Gasteiger partial charge is 0.324 e. The number of nitrogens with zero attached hydrogens (tertiary/aromatic N) is 1. The molecule has 3 amide bonds. The number of carbonyl (C=O) groups is 2. The molecule has 2 aliphatic rings. The molecule has 1 aromatic carbocycles. The molecule has 0 radical (unpaired) electrons. The van der Waals surface area contributed by atoms with Crippen LogP contribution in [0, 0.1) is 5.41 Å². The quantitative estimate of drug-likeness (QED) is 0.900. The highest BCUT2D eigenvalue weighted by Gasteiger charge is 2.46.